The number of hydrogen-bond donors (Lipinski definition) is 0. The molecule has 0 fully saturated rings. The number of aryl methyl sites for hydroxylation is 1. The summed E-state index contributed by atoms with van der Waals surface area (Å²) in [6, 6.07) is 8.07. The van der Waals surface area contributed by atoms with Crippen LogP contribution in [0.1, 0.15) is 5.01 Å². The standard InChI is InChI=1S/C12H10ClN3S/c1-16-10-5-3-2-4-8(10)15-12(16)9-7-17-11(6-13)14-9/h2-5,7H,6H2,1H3. The minimum absolute atomic E-state index is 0.453. The van der Waals surface area contributed by atoms with Crippen molar-refractivity contribution in [3.05, 3.63) is 34.7 Å². The van der Waals surface area contributed by atoms with Crippen LogP contribution in [0, 0.1) is 0 Å². The zero-order valence-electron chi connectivity index (χ0n) is 9.22. The molecule has 5 heteroatoms. The zero-order valence-corrected chi connectivity index (χ0v) is 10.8. The number of para-hydroxylation sites is 2. The van der Waals surface area contributed by atoms with Crippen LogP contribution >= 0.6 is 22.9 Å². The molecule has 0 aliphatic carbocycles. The number of fused-ring (bicyclic) bond motifs is 1. The van der Waals surface area contributed by atoms with Gasteiger partial charge in [0.25, 0.3) is 0 Å². The van der Waals surface area contributed by atoms with Gasteiger partial charge in [0.1, 0.15) is 10.7 Å². The average molecular weight is 264 g/mol. The van der Waals surface area contributed by atoms with Gasteiger partial charge in [-0.15, -0.1) is 22.9 Å². The number of imidazole rings is 1. The summed E-state index contributed by atoms with van der Waals surface area (Å²) < 4.78 is 2.06. The quantitative estimate of drug-likeness (QED) is 0.663. The van der Waals surface area contributed by atoms with Crippen LogP contribution < -0.4 is 0 Å². The number of thiazole rings is 1. The second kappa shape index (κ2) is 4.13. The number of benzene rings is 1. The molecule has 0 spiro atoms. The third-order valence-corrected chi connectivity index (χ3v) is 3.94. The van der Waals surface area contributed by atoms with E-state index in [2.05, 4.69) is 20.6 Å². The number of alkyl halides is 1. The molecule has 0 atom stereocenters. The summed E-state index contributed by atoms with van der Waals surface area (Å²) in [5, 5.41) is 2.92. The lowest BCUT2D eigenvalue weighted by molar-refractivity contribution is 0.951. The number of halogens is 1. The van der Waals surface area contributed by atoms with Gasteiger partial charge in [0.05, 0.1) is 16.9 Å². The molecule has 0 amide bonds. The van der Waals surface area contributed by atoms with Gasteiger partial charge in [0, 0.05) is 12.4 Å². The highest BCUT2D eigenvalue weighted by atomic mass is 35.5. The maximum atomic E-state index is 5.77. The van der Waals surface area contributed by atoms with Crippen LogP contribution in [0.25, 0.3) is 22.6 Å². The van der Waals surface area contributed by atoms with E-state index in [9.17, 15) is 0 Å². The van der Waals surface area contributed by atoms with Gasteiger partial charge in [0.2, 0.25) is 0 Å². The van der Waals surface area contributed by atoms with Crippen LogP contribution in [0.3, 0.4) is 0 Å². The SMILES string of the molecule is Cn1c(-c2csc(CCl)n2)nc2ccccc21. The van der Waals surface area contributed by atoms with E-state index in [1.165, 1.54) is 0 Å². The topological polar surface area (TPSA) is 30.7 Å². The number of rotatable bonds is 2. The van der Waals surface area contributed by atoms with Gasteiger partial charge in [-0.05, 0) is 12.1 Å². The van der Waals surface area contributed by atoms with Gasteiger partial charge in [-0.1, -0.05) is 12.1 Å². The van der Waals surface area contributed by atoms with Crippen LogP contribution in [0.4, 0.5) is 0 Å². The third-order valence-electron chi connectivity index (χ3n) is 2.68. The van der Waals surface area contributed by atoms with Gasteiger partial charge in [-0.25, -0.2) is 9.97 Å². The summed E-state index contributed by atoms with van der Waals surface area (Å²) in [4.78, 5) is 9.05. The molecule has 0 saturated heterocycles. The first-order valence-electron chi connectivity index (χ1n) is 5.22. The molecule has 0 N–H and O–H groups in total. The van der Waals surface area contributed by atoms with Gasteiger partial charge < -0.3 is 4.57 Å². The van der Waals surface area contributed by atoms with Crippen molar-refractivity contribution < 1.29 is 0 Å². The Hall–Kier alpha value is -1.39. The Morgan fingerprint density at radius 3 is 2.82 bits per heavy atom. The lowest BCUT2D eigenvalue weighted by Gasteiger charge is -1.97. The second-order valence-corrected chi connectivity index (χ2v) is 4.95. The first kappa shape index (κ1) is 10.7. The highest BCUT2D eigenvalue weighted by Crippen LogP contribution is 2.25. The summed E-state index contributed by atoms with van der Waals surface area (Å²) in [6.07, 6.45) is 0. The highest BCUT2D eigenvalue weighted by molar-refractivity contribution is 7.10. The molecule has 0 radical (unpaired) electrons. The number of aromatic nitrogens is 3. The van der Waals surface area contributed by atoms with E-state index in [1.54, 1.807) is 11.3 Å². The van der Waals surface area contributed by atoms with E-state index >= 15 is 0 Å². The molecule has 86 valence electrons. The average Bonchev–Trinajstić information content (AvgIpc) is 2.95. The summed E-state index contributed by atoms with van der Waals surface area (Å²) in [5.41, 5.74) is 3.00. The molecule has 0 bridgehead atoms. The summed E-state index contributed by atoms with van der Waals surface area (Å²) in [6.45, 7) is 0. The van der Waals surface area contributed by atoms with Crippen LogP contribution in [0.15, 0.2) is 29.6 Å². The maximum Gasteiger partial charge on any atom is 0.160 e. The van der Waals surface area contributed by atoms with Gasteiger partial charge in [-0.3, -0.25) is 0 Å². The minimum atomic E-state index is 0.453. The van der Waals surface area contributed by atoms with Crippen molar-refractivity contribution in [1.82, 2.24) is 14.5 Å². The van der Waals surface area contributed by atoms with E-state index in [4.69, 9.17) is 11.6 Å². The largest absolute Gasteiger partial charge is 0.326 e. The molecule has 0 aliphatic rings. The predicted molar refractivity (Wildman–Crippen MR) is 71.4 cm³/mol. The van der Waals surface area contributed by atoms with Crippen LogP contribution in [0.2, 0.25) is 0 Å². The van der Waals surface area contributed by atoms with Crippen molar-refractivity contribution in [3.8, 4) is 11.5 Å². The summed E-state index contributed by atoms with van der Waals surface area (Å²) in [5.74, 6) is 1.34. The Morgan fingerprint density at radius 2 is 2.12 bits per heavy atom. The summed E-state index contributed by atoms with van der Waals surface area (Å²) >= 11 is 7.33. The summed E-state index contributed by atoms with van der Waals surface area (Å²) in [7, 11) is 2.00. The zero-order chi connectivity index (χ0) is 11.8. The molecule has 3 rings (SSSR count). The lowest BCUT2D eigenvalue weighted by Crippen LogP contribution is -1.92. The normalized spacial score (nSPS) is 11.2. The van der Waals surface area contributed by atoms with E-state index in [-0.39, 0.29) is 0 Å². The molecule has 2 aromatic heterocycles. The van der Waals surface area contributed by atoms with E-state index < -0.39 is 0 Å². The first-order valence-corrected chi connectivity index (χ1v) is 6.63. The Labute approximate surface area is 108 Å². The molecule has 0 unspecified atom stereocenters. The van der Waals surface area contributed by atoms with Crippen molar-refractivity contribution in [1.29, 1.82) is 0 Å². The fourth-order valence-electron chi connectivity index (χ4n) is 1.85. The monoisotopic (exact) mass is 263 g/mol. The minimum Gasteiger partial charge on any atom is -0.326 e. The van der Waals surface area contributed by atoms with Crippen LogP contribution in [-0.2, 0) is 12.9 Å². The fourth-order valence-corrected chi connectivity index (χ4v) is 2.72. The Kier molecular flexibility index (Phi) is 2.61. The highest BCUT2D eigenvalue weighted by Gasteiger charge is 2.12. The molecule has 0 aliphatic heterocycles. The van der Waals surface area contributed by atoms with Crippen molar-refractivity contribution in [3.63, 3.8) is 0 Å². The molecular weight excluding hydrogens is 254 g/mol. The molecule has 3 nitrogen and oxygen atoms in total. The second-order valence-electron chi connectivity index (χ2n) is 3.74. The number of hydrogen-bond acceptors (Lipinski definition) is 3. The first-order chi connectivity index (χ1) is 8.29. The van der Waals surface area contributed by atoms with Crippen molar-refractivity contribution >= 4 is 34.0 Å². The van der Waals surface area contributed by atoms with Crippen LogP contribution in [0.5, 0.6) is 0 Å². The molecule has 0 saturated carbocycles. The number of nitrogens with zero attached hydrogens (tertiary/aromatic N) is 3. The fraction of sp³-hybridized carbons (Fsp3) is 0.167. The van der Waals surface area contributed by atoms with Crippen molar-refractivity contribution in [2.75, 3.05) is 0 Å². The van der Waals surface area contributed by atoms with E-state index in [1.807, 2.05) is 30.6 Å². The molecule has 3 aromatic rings. The molecule has 17 heavy (non-hydrogen) atoms. The van der Waals surface area contributed by atoms with Crippen molar-refractivity contribution in [2.45, 2.75) is 5.88 Å². The van der Waals surface area contributed by atoms with Gasteiger partial charge in [0.15, 0.2) is 5.82 Å². The van der Waals surface area contributed by atoms with Crippen LogP contribution in [-0.4, -0.2) is 14.5 Å². The van der Waals surface area contributed by atoms with E-state index in [0.29, 0.717) is 5.88 Å². The van der Waals surface area contributed by atoms with Gasteiger partial charge >= 0.3 is 0 Å². The molecule has 2 heterocycles. The smallest absolute Gasteiger partial charge is 0.160 e. The predicted octanol–water partition coefficient (Wildman–Crippen LogP) is 3.44. The third kappa shape index (κ3) is 1.73. The molecule has 1 aromatic carbocycles. The molecular formula is C12H10ClN3S. The maximum absolute atomic E-state index is 5.77. The lowest BCUT2D eigenvalue weighted by atomic mass is 10.3. The van der Waals surface area contributed by atoms with Crippen molar-refractivity contribution in [2.24, 2.45) is 7.05 Å². The van der Waals surface area contributed by atoms with Gasteiger partial charge in [-0.2, -0.15) is 0 Å². The Morgan fingerprint density at radius 1 is 1.29 bits per heavy atom. The Bertz CT molecular complexity index is 671. The van der Waals surface area contributed by atoms with E-state index in [0.717, 1.165) is 27.6 Å². The Balaban J connectivity index is 2.20.